The third-order valence-electron chi connectivity index (χ3n) is 3.03. The van der Waals surface area contributed by atoms with Crippen molar-refractivity contribution >= 4 is 10.0 Å². The Hall–Kier alpha value is -2.23. The number of nitriles is 1. The van der Waals surface area contributed by atoms with Crippen LogP contribution in [0, 0.1) is 18.3 Å². The Morgan fingerprint density at radius 1 is 1.19 bits per heavy atom. The summed E-state index contributed by atoms with van der Waals surface area (Å²) >= 11 is 0. The molecule has 5 nitrogen and oxygen atoms in total. The summed E-state index contributed by atoms with van der Waals surface area (Å²) in [5.74, 6) is 0. The molecule has 0 fully saturated rings. The van der Waals surface area contributed by atoms with Gasteiger partial charge >= 0.3 is 0 Å². The van der Waals surface area contributed by atoms with Gasteiger partial charge in [0.2, 0.25) is 10.0 Å². The molecule has 1 heterocycles. The first-order valence-corrected chi connectivity index (χ1v) is 7.77. The Morgan fingerprint density at radius 3 is 2.57 bits per heavy atom. The molecule has 6 heteroatoms. The lowest BCUT2D eigenvalue weighted by Gasteiger charge is -2.17. The topological polar surface area (TPSA) is 74.1 Å². The number of nitrogens with zero attached hydrogens (tertiary/aromatic N) is 3. The van der Waals surface area contributed by atoms with E-state index in [1.807, 2.05) is 25.1 Å². The van der Waals surface area contributed by atoms with E-state index in [0.29, 0.717) is 5.69 Å². The van der Waals surface area contributed by atoms with Crippen molar-refractivity contribution in [2.24, 2.45) is 0 Å². The van der Waals surface area contributed by atoms with Crippen LogP contribution in [0.15, 0.2) is 47.4 Å². The van der Waals surface area contributed by atoms with Crippen LogP contribution in [0.3, 0.4) is 0 Å². The molecule has 2 aromatic rings. The molecule has 0 unspecified atom stereocenters. The molecule has 0 aliphatic carbocycles. The van der Waals surface area contributed by atoms with Gasteiger partial charge < -0.3 is 0 Å². The van der Waals surface area contributed by atoms with Crippen molar-refractivity contribution in [1.82, 2.24) is 9.29 Å². The minimum absolute atomic E-state index is 0.0163. The average Bonchev–Trinajstić information content (AvgIpc) is 2.47. The number of benzene rings is 1. The van der Waals surface area contributed by atoms with E-state index in [9.17, 15) is 8.42 Å². The van der Waals surface area contributed by atoms with Crippen molar-refractivity contribution in [3.8, 4) is 6.07 Å². The van der Waals surface area contributed by atoms with Gasteiger partial charge in [0.25, 0.3) is 0 Å². The van der Waals surface area contributed by atoms with Crippen molar-refractivity contribution < 1.29 is 8.42 Å². The monoisotopic (exact) mass is 301 g/mol. The van der Waals surface area contributed by atoms with Crippen molar-refractivity contribution in [3.63, 3.8) is 0 Å². The molecule has 0 radical (unpaired) electrons. The van der Waals surface area contributed by atoms with Crippen LogP contribution in [-0.2, 0) is 16.6 Å². The molecule has 0 saturated carbocycles. The first-order chi connectivity index (χ1) is 9.95. The van der Waals surface area contributed by atoms with E-state index in [1.165, 1.54) is 23.5 Å². The quantitative estimate of drug-likeness (QED) is 0.866. The maximum absolute atomic E-state index is 12.5. The fraction of sp³-hybridized carbons (Fsp3) is 0.200. The second kappa shape index (κ2) is 6.04. The molecular formula is C15H15N3O2S. The maximum atomic E-state index is 12.5. The number of sulfonamides is 1. The van der Waals surface area contributed by atoms with Crippen LogP contribution in [-0.4, -0.2) is 24.8 Å². The first kappa shape index (κ1) is 15.2. The summed E-state index contributed by atoms with van der Waals surface area (Å²) in [5.41, 5.74) is 1.63. The van der Waals surface area contributed by atoms with Crippen molar-refractivity contribution in [2.45, 2.75) is 18.4 Å². The van der Waals surface area contributed by atoms with Crippen LogP contribution < -0.4 is 0 Å². The van der Waals surface area contributed by atoms with Crippen molar-refractivity contribution in [3.05, 3.63) is 59.4 Å². The molecule has 0 atom stereocenters. The standard InChI is InChI=1S/C15H15N3O2S/c1-12-6-5-8-14(17-12)11-18(2)21(19,20)15-9-4-3-7-13(15)10-16/h3-9H,11H2,1-2H3. The number of pyridine rings is 1. The van der Waals surface area contributed by atoms with Gasteiger partial charge in [-0.05, 0) is 31.2 Å². The zero-order valence-corrected chi connectivity index (χ0v) is 12.6. The van der Waals surface area contributed by atoms with E-state index in [0.717, 1.165) is 5.69 Å². The zero-order valence-electron chi connectivity index (χ0n) is 11.8. The maximum Gasteiger partial charge on any atom is 0.244 e. The van der Waals surface area contributed by atoms with E-state index >= 15 is 0 Å². The lowest BCUT2D eigenvalue weighted by Crippen LogP contribution is -2.27. The molecule has 0 N–H and O–H groups in total. The van der Waals surface area contributed by atoms with Crippen LogP contribution in [0.4, 0.5) is 0 Å². The second-order valence-corrected chi connectivity index (χ2v) is 6.65. The van der Waals surface area contributed by atoms with Gasteiger partial charge in [0, 0.05) is 12.7 Å². The zero-order chi connectivity index (χ0) is 15.5. The Morgan fingerprint density at radius 2 is 1.90 bits per heavy atom. The number of rotatable bonds is 4. The summed E-state index contributed by atoms with van der Waals surface area (Å²) in [4.78, 5) is 4.31. The molecule has 0 aliphatic heterocycles. The summed E-state index contributed by atoms with van der Waals surface area (Å²) in [6.45, 7) is 2.01. The summed E-state index contributed by atoms with van der Waals surface area (Å²) in [6, 6.07) is 13.5. The highest BCUT2D eigenvalue weighted by atomic mass is 32.2. The molecule has 0 spiro atoms. The van der Waals surface area contributed by atoms with Crippen LogP contribution in [0.1, 0.15) is 17.0 Å². The van der Waals surface area contributed by atoms with Gasteiger partial charge in [0.05, 0.1) is 22.7 Å². The second-order valence-electron chi connectivity index (χ2n) is 4.64. The Kier molecular flexibility index (Phi) is 4.36. The third-order valence-corrected chi connectivity index (χ3v) is 4.89. The third kappa shape index (κ3) is 3.27. The molecule has 0 amide bonds. The van der Waals surface area contributed by atoms with E-state index in [1.54, 1.807) is 18.2 Å². The number of hydrogen-bond donors (Lipinski definition) is 0. The highest BCUT2D eigenvalue weighted by Gasteiger charge is 2.24. The minimum Gasteiger partial charge on any atom is -0.257 e. The highest BCUT2D eigenvalue weighted by Crippen LogP contribution is 2.19. The van der Waals surface area contributed by atoms with Crippen LogP contribution >= 0.6 is 0 Å². The minimum atomic E-state index is -3.72. The summed E-state index contributed by atoms with van der Waals surface area (Å²) in [6.07, 6.45) is 0. The van der Waals surface area contributed by atoms with E-state index < -0.39 is 10.0 Å². The largest absolute Gasteiger partial charge is 0.257 e. The number of aryl methyl sites for hydroxylation is 1. The van der Waals surface area contributed by atoms with Gasteiger partial charge in [-0.15, -0.1) is 0 Å². The lowest BCUT2D eigenvalue weighted by atomic mass is 10.2. The Labute approximate surface area is 124 Å². The van der Waals surface area contributed by atoms with Crippen LogP contribution in [0.2, 0.25) is 0 Å². The smallest absolute Gasteiger partial charge is 0.244 e. The van der Waals surface area contributed by atoms with Gasteiger partial charge in [-0.25, -0.2) is 8.42 Å². The van der Waals surface area contributed by atoms with Crippen molar-refractivity contribution in [2.75, 3.05) is 7.05 Å². The molecule has 108 valence electrons. The molecule has 1 aromatic carbocycles. The Bertz CT molecular complexity index is 795. The highest BCUT2D eigenvalue weighted by molar-refractivity contribution is 7.89. The van der Waals surface area contributed by atoms with Gasteiger partial charge in [0.15, 0.2) is 0 Å². The fourth-order valence-corrected chi connectivity index (χ4v) is 3.23. The average molecular weight is 301 g/mol. The fourth-order valence-electron chi connectivity index (χ4n) is 1.95. The summed E-state index contributed by atoms with van der Waals surface area (Å²) in [7, 11) is -2.24. The molecule has 2 rings (SSSR count). The van der Waals surface area contributed by atoms with Crippen molar-refractivity contribution in [1.29, 1.82) is 5.26 Å². The molecule has 21 heavy (non-hydrogen) atoms. The van der Waals surface area contributed by atoms with Gasteiger partial charge in [-0.1, -0.05) is 18.2 Å². The molecule has 0 bridgehead atoms. The first-order valence-electron chi connectivity index (χ1n) is 6.33. The molecular weight excluding hydrogens is 286 g/mol. The van der Waals surface area contributed by atoms with Crippen LogP contribution in [0.25, 0.3) is 0 Å². The number of hydrogen-bond acceptors (Lipinski definition) is 4. The van der Waals surface area contributed by atoms with E-state index in [4.69, 9.17) is 5.26 Å². The van der Waals surface area contributed by atoms with Gasteiger partial charge in [-0.3, -0.25) is 4.98 Å². The normalized spacial score (nSPS) is 11.3. The molecule has 0 aliphatic rings. The SMILES string of the molecule is Cc1cccc(CN(C)S(=O)(=O)c2ccccc2C#N)n1. The predicted octanol–water partition coefficient (Wildman–Crippen LogP) is 2.08. The van der Waals surface area contributed by atoms with Crippen LogP contribution in [0.5, 0.6) is 0 Å². The molecule has 1 aromatic heterocycles. The van der Waals surface area contributed by atoms with E-state index in [2.05, 4.69) is 4.98 Å². The lowest BCUT2D eigenvalue weighted by molar-refractivity contribution is 0.461. The summed E-state index contributed by atoms with van der Waals surface area (Å²) < 4.78 is 26.3. The molecule has 0 saturated heterocycles. The van der Waals surface area contributed by atoms with Gasteiger partial charge in [0.1, 0.15) is 6.07 Å². The van der Waals surface area contributed by atoms with E-state index in [-0.39, 0.29) is 17.0 Å². The number of aromatic nitrogens is 1. The summed E-state index contributed by atoms with van der Waals surface area (Å²) in [5, 5.41) is 9.04. The predicted molar refractivity (Wildman–Crippen MR) is 78.8 cm³/mol. The van der Waals surface area contributed by atoms with Gasteiger partial charge in [-0.2, -0.15) is 9.57 Å². The Balaban J connectivity index is 2.33.